The minimum absolute atomic E-state index is 0.00173. The molecule has 4 aromatic heterocycles. The van der Waals surface area contributed by atoms with Crippen LogP contribution >= 0.6 is 0 Å². The van der Waals surface area contributed by atoms with E-state index in [0.29, 0.717) is 48.1 Å². The molecule has 0 aliphatic carbocycles. The number of pyridine rings is 2. The highest BCUT2D eigenvalue weighted by molar-refractivity contribution is 5.93. The molecule has 1 amide bonds. The van der Waals surface area contributed by atoms with Gasteiger partial charge >= 0.3 is 12.4 Å². The average molecular weight is 1000 g/mol. The lowest BCUT2D eigenvalue weighted by Crippen LogP contribution is -2.39. The summed E-state index contributed by atoms with van der Waals surface area (Å²) >= 11 is 0. The molecule has 1 aliphatic rings. The van der Waals surface area contributed by atoms with Gasteiger partial charge in [-0.05, 0) is 72.8 Å². The molecule has 0 radical (unpaired) electrons. The molecule has 372 valence electrons. The number of hydrogen-bond acceptors (Lipinski definition) is 16. The molecule has 1 aliphatic heterocycles. The fourth-order valence-corrected chi connectivity index (χ4v) is 6.42. The third kappa shape index (κ3) is 15.1. The Morgan fingerprint density at radius 3 is 1.68 bits per heavy atom. The van der Waals surface area contributed by atoms with Crippen LogP contribution in [0.15, 0.2) is 132 Å². The van der Waals surface area contributed by atoms with E-state index in [1.54, 1.807) is 24.3 Å². The predicted octanol–water partition coefficient (Wildman–Crippen LogP) is 8.95. The highest BCUT2D eigenvalue weighted by Gasteiger charge is 2.31. The number of rotatable bonds is 16. The van der Waals surface area contributed by atoms with Crippen molar-refractivity contribution >= 4 is 58.8 Å². The Morgan fingerprint density at radius 2 is 1.18 bits per heavy atom. The van der Waals surface area contributed by atoms with E-state index in [4.69, 9.17) is 10.5 Å². The number of carbonyl (C=O) groups excluding carboxylic acids is 1. The lowest BCUT2D eigenvalue weighted by molar-refractivity contribution is -0.138. The second-order valence-electron chi connectivity index (χ2n) is 15.2. The summed E-state index contributed by atoms with van der Waals surface area (Å²) in [5.41, 5.74) is 12.1. The van der Waals surface area contributed by atoms with Gasteiger partial charge in [-0.3, -0.25) is 19.7 Å². The van der Waals surface area contributed by atoms with E-state index < -0.39 is 41.0 Å². The smallest absolute Gasteiger partial charge is 0.379 e. The SMILES string of the molecule is Fc1cnc(N/N=C/c2ccc(Nc3cccc(C(F)(F)F)c3)cn2)nc1NCCN1CCOCC1.NC(=O)c1ccc(-c2nc(N/N=C/c3ccc(Nc4cccc(C(F)(F)F)c4)cn3)ncc2F)cc1. The van der Waals surface area contributed by atoms with Crippen LogP contribution in [0.2, 0.25) is 0 Å². The summed E-state index contributed by atoms with van der Waals surface area (Å²) in [7, 11) is 0. The molecule has 0 atom stereocenters. The van der Waals surface area contributed by atoms with E-state index in [-0.39, 0.29) is 40.3 Å². The fraction of sp³-hybridized carbons (Fsp3) is 0.170. The van der Waals surface area contributed by atoms with Crippen molar-refractivity contribution in [1.82, 2.24) is 34.8 Å². The van der Waals surface area contributed by atoms with Crippen LogP contribution in [0.5, 0.6) is 0 Å². The van der Waals surface area contributed by atoms with Crippen molar-refractivity contribution in [1.29, 1.82) is 0 Å². The molecule has 0 bridgehead atoms. The number of benzene rings is 3. The Hall–Kier alpha value is -8.71. The second kappa shape index (κ2) is 23.7. The van der Waals surface area contributed by atoms with Gasteiger partial charge in [0, 0.05) is 48.7 Å². The number of anilines is 7. The third-order valence-electron chi connectivity index (χ3n) is 10.0. The van der Waals surface area contributed by atoms with Crippen LogP contribution in [-0.2, 0) is 17.1 Å². The number of hydrogen-bond donors (Lipinski definition) is 6. The first kappa shape index (κ1) is 51.1. The maximum atomic E-state index is 14.2. The number of nitrogens with one attached hydrogen (secondary N) is 5. The minimum atomic E-state index is -4.44. The Labute approximate surface area is 404 Å². The van der Waals surface area contributed by atoms with E-state index in [0.717, 1.165) is 56.3 Å². The molecule has 3 aromatic carbocycles. The number of nitrogens with two attached hydrogens (primary N) is 1. The van der Waals surface area contributed by atoms with Crippen molar-refractivity contribution in [3.63, 3.8) is 0 Å². The van der Waals surface area contributed by atoms with Gasteiger partial charge in [-0.15, -0.1) is 0 Å². The number of aromatic nitrogens is 6. The van der Waals surface area contributed by atoms with Crippen LogP contribution in [0.4, 0.5) is 75.6 Å². The van der Waals surface area contributed by atoms with E-state index >= 15 is 0 Å². The molecule has 8 rings (SSSR count). The third-order valence-corrected chi connectivity index (χ3v) is 10.0. The van der Waals surface area contributed by atoms with Gasteiger partial charge in [-0.25, -0.2) is 34.6 Å². The molecule has 25 heteroatoms. The molecule has 1 saturated heterocycles. The molecule has 0 saturated carbocycles. The van der Waals surface area contributed by atoms with Crippen molar-refractivity contribution in [2.45, 2.75) is 12.4 Å². The number of alkyl halides is 6. The summed E-state index contributed by atoms with van der Waals surface area (Å²) in [5.74, 6) is -1.65. The van der Waals surface area contributed by atoms with Crippen LogP contribution in [0.25, 0.3) is 11.3 Å². The van der Waals surface area contributed by atoms with Crippen LogP contribution in [-0.4, -0.2) is 92.5 Å². The van der Waals surface area contributed by atoms with Gasteiger partial charge in [0.15, 0.2) is 17.5 Å². The highest BCUT2D eigenvalue weighted by atomic mass is 19.4. The van der Waals surface area contributed by atoms with E-state index in [9.17, 15) is 39.9 Å². The van der Waals surface area contributed by atoms with Crippen molar-refractivity contribution < 1.29 is 44.7 Å². The molecular formula is C47H41F8N15O2. The number of carbonyl (C=O) groups is 1. The number of halogens is 8. The van der Waals surface area contributed by atoms with Gasteiger partial charge in [0.05, 0.1) is 84.3 Å². The van der Waals surface area contributed by atoms with Gasteiger partial charge < -0.3 is 26.4 Å². The highest BCUT2D eigenvalue weighted by Crippen LogP contribution is 2.33. The summed E-state index contributed by atoms with van der Waals surface area (Å²) in [6, 6.07) is 22.1. The van der Waals surface area contributed by atoms with Gasteiger partial charge in [0.2, 0.25) is 17.8 Å². The molecule has 7 N–H and O–H groups in total. The maximum Gasteiger partial charge on any atom is 0.416 e. The Balaban J connectivity index is 0.000000211. The first-order chi connectivity index (χ1) is 34.6. The molecule has 1 fully saturated rings. The van der Waals surface area contributed by atoms with Crippen molar-refractivity contribution in [3.8, 4) is 11.3 Å². The Kier molecular flexibility index (Phi) is 16.9. The van der Waals surface area contributed by atoms with Crippen molar-refractivity contribution in [2.75, 3.05) is 66.2 Å². The van der Waals surface area contributed by atoms with Gasteiger partial charge in [0.25, 0.3) is 0 Å². The summed E-state index contributed by atoms with van der Waals surface area (Å²) in [6.07, 6.45) is -1.15. The fourth-order valence-electron chi connectivity index (χ4n) is 6.42. The van der Waals surface area contributed by atoms with Gasteiger partial charge in [-0.2, -0.15) is 41.5 Å². The molecule has 17 nitrogen and oxygen atoms in total. The number of amides is 1. The standard InChI is InChI=1S/C24H17F4N7O.C23H24F4N8O/c25-20-13-31-23(34-21(20)14-4-6-15(7-5-14)22(29)36)35-32-12-18-8-9-19(11-30-18)33-17-3-1-2-16(10-17)24(26,27)28;24-20-15-30-22(33-21(20)28-6-7-35-8-10-36-11-9-35)34-31-14-18-4-5-19(13-29-18)32-17-3-1-2-16(12-17)23(25,26)27/h1-13,33H,(H2,29,36)(H,31,34,35);1-5,12-15,32H,6-11H2,(H2,28,30,33,34)/b32-12+;31-14+. The number of nitrogens with zero attached hydrogens (tertiary/aromatic N) is 9. The summed E-state index contributed by atoms with van der Waals surface area (Å²) in [4.78, 5) is 37.7. The molecule has 0 unspecified atom stereocenters. The maximum absolute atomic E-state index is 14.2. The lowest BCUT2D eigenvalue weighted by atomic mass is 10.1. The van der Waals surface area contributed by atoms with Gasteiger partial charge in [0.1, 0.15) is 5.69 Å². The molecule has 72 heavy (non-hydrogen) atoms. The monoisotopic (exact) mass is 999 g/mol. The van der Waals surface area contributed by atoms with Crippen molar-refractivity contribution in [3.05, 3.63) is 162 Å². The molecule has 7 aromatic rings. The number of morpholine rings is 1. The summed E-state index contributed by atoms with van der Waals surface area (Å²) in [5, 5.41) is 16.7. The van der Waals surface area contributed by atoms with Gasteiger partial charge in [-0.1, -0.05) is 24.3 Å². The molecule has 0 spiro atoms. The molecular weight excluding hydrogens is 959 g/mol. The summed E-state index contributed by atoms with van der Waals surface area (Å²) in [6.45, 7) is 4.31. The predicted molar refractivity (Wildman–Crippen MR) is 254 cm³/mol. The number of hydrazone groups is 2. The van der Waals surface area contributed by atoms with E-state index in [2.05, 4.69) is 71.8 Å². The van der Waals surface area contributed by atoms with E-state index in [1.807, 2.05) is 0 Å². The second-order valence-corrected chi connectivity index (χ2v) is 15.2. The Morgan fingerprint density at radius 1 is 0.653 bits per heavy atom. The van der Waals surface area contributed by atoms with Crippen LogP contribution in [0, 0.1) is 11.6 Å². The normalized spacial score (nSPS) is 13.1. The van der Waals surface area contributed by atoms with Crippen LogP contribution < -0.4 is 32.5 Å². The Bertz CT molecular complexity index is 2970. The van der Waals surface area contributed by atoms with Crippen LogP contribution in [0.1, 0.15) is 32.9 Å². The largest absolute Gasteiger partial charge is 0.416 e. The number of primary amides is 1. The quantitative estimate of drug-likeness (QED) is 0.0303. The average Bonchev–Trinajstić information content (AvgIpc) is 3.37. The zero-order valence-corrected chi connectivity index (χ0v) is 37.4. The summed E-state index contributed by atoms with van der Waals surface area (Å²) < 4.78 is 111. The van der Waals surface area contributed by atoms with E-state index in [1.165, 1.54) is 73.4 Å². The number of ether oxygens (including phenoxy) is 1. The zero-order valence-electron chi connectivity index (χ0n) is 37.4. The molecule has 5 heterocycles. The topological polar surface area (TPSA) is 218 Å². The van der Waals surface area contributed by atoms with Crippen LogP contribution in [0.3, 0.4) is 0 Å². The minimum Gasteiger partial charge on any atom is -0.379 e. The lowest BCUT2D eigenvalue weighted by Gasteiger charge is -2.26. The van der Waals surface area contributed by atoms with Crippen molar-refractivity contribution in [2.24, 2.45) is 15.9 Å². The first-order valence-electron chi connectivity index (χ1n) is 21.4. The first-order valence-corrected chi connectivity index (χ1v) is 21.4. The zero-order chi connectivity index (χ0) is 51.1.